The van der Waals surface area contributed by atoms with Gasteiger partial charge in [-0.1, -0.05) is 0 Å². The summed E-state index contributed by atoms with van der Waals surface area (Å²) in [6, 6.07) is 0.698. The fourth-order valence-electron chi connectivity index (χ4n) is 1.95. The van der Waals surface area contributed by atoms with E-state index in [1.165, 1.54) is 12.8 Å². The van der Waals surface area contributed by atoms with Crippen LogP contribution in [0.25, 0.3) is 0 Å². The first kappa shape index (κ1) is 7.10. The zero-order valence-electron chi connectivity index (χ0n) is 6.60. The standard InChI is InChI=1S/C8H14N2O/c11-8-7-3-1-2-6(10-7)4-5-9-8/h6-7,10H,1-5H2,(H,9,11). The van der Waals surface area contributed by atoms with Gasteiger partial charge in [-0.25, -0.2) is 0 Å². The van der Waals surface area contributed by atoms with Crippen LogP contribution in [0.3, 0.4) is 0 Å². The third-order valence-corrected chi connectivity index (χ3v) is 2.59. The number of rotatable bonds is 0. The Morgan fingerprint density at radius 3 is 3.09 bits per heavy atom. The summed E-state index contributed by atoms with van der Waals surface area (Å²) in [7, 11) is 0. The van der Waals surface area contributed by atoms with E-state index in [9.17, 15) is 4.79 Å². The number of carbonyl (C=O) groups is 1. The second-order valence-corrected chi connectivity index (χ2v) is 3.43. The van der Waals surface area contributed by atoms with E-state index in [2.05, 4.69) is 10.6 Å². The van der Waals surface area contributed by atoms with Crippen LogP contribution in [0.1, 0.15) is 25.7 Å². The van der Waals surface area contributed by atoms with Gasteiger partial charge in [-0.3, -0.25) is 4.79 Å². The SMILES string of the molecule is O=C1NCCC2CCCC1N2. The molecule has 0 saturated carbocycles. The van der Waals surface area contributed by atoms with Crippen LogP contribution in [-0.4, -0.2) is 24.5 Å². The van der Waals surface area contributed by atoms with Gasteiger partial charge in [0.05, 0.1) is 6.04 Å². The number of hydrogen-bond acceptors (Lipinski definition) is 2. The number of piperidine rings is 1. The lowest BCUT2D eigenvalue weighted by molar-refractivity contribution is -0.123. The van der Waals surface area contributed by atoms with Gasteiger partial charge in [0, 0.05) is 12.6 Å². The number of fused-ring (bicyclic) bond motifs is 2. The molecule has 3 nitrogen and oxygen atoms in total. The number of hydrogen-bond donors (Lipinski definition) is 2. The molecular weight excluding hydrogens is 140 g/mol. The predicted molar refractivity (Wildman–Crippen MR) is 42.2 cm³/mol. The van der Waals surface area contributed by atoms with Crippen LogP contribution in [0, 0.1) is 0 Å². The molecule has 2 fully saturated rings. The molecule has 2 rings (SSSR count). The Labute approximate surface area is 66.5 Å². The maximum Gasteiger partial charge on any atom is 0.237 e. The van der Waals surface area contributed by atoms with E-state index in [1.807, 2.05) is 0 Å². The number of nitrogens with one attached hydrogen (secondary N) is 2. The molecule has 0 radical (unpaired) electrons. The largest absolute Gasteiger partial charge is 0.355 e. The number of carbonyl (C=O) groups excluding carboxylic acids is 1. The van der Waals surface area contributed by atoms with Crippen LogP contribution in [0.4, 0.5) is 0 Å². The summed E-state index contributed by atoms with van der Waals surface area (Å²) in [6.07, 6.45) is 4.56. The van der Waals surface area contributed by atoms with Gasteiger partial charge < -0.3 is 10.6 Å². The van der Waals surface area contributed by atoms with Gasteiger partial charge in [-0.2, -0.15) is 0 Å². The fourth-order valence-corrected chi connectivity index (χ4v) is 1.95. The molecule has 2 atom stereocenters. The number of amides is 1. The highest BCUT2D eigenvalue weighted by Gasteiger charge is 2.28. The Hall–Kier alpha value is -0.570. The Kier molecular flexibility index (Phi) is 1.82. The van der Waals surface area contributed by atoms with Gasteiger partial charge in [-0.15, -0.1) is 0 Å². The van der Waals surface area contributed by atoms with Gasteiger partial charge >= 0.3 is 0 Å². The van der Waals surface area contributed by atoms with E-state index >= 15 is 0 Å². The van der Waals surface area contributed by atoms with Crippen LogP contribution < -0.4 is 10.6 Å². The van der Waals surface area contributed by atoms with E-state index in [0.29, 0.717) is 6.04 Å². The monoisotopic (exact) mass is 154 g/mol. The molecule has 2 N–H and O–H groups in total. The van der Waals surface area contributed by atoms with Crippen molar-refractivity contribution in [3.05, 3.63) is 0 Å². The quantitative estimate of drug-likeness (QED) is 0.516. The second kappa shape index (κ2) is 2.81. The lowest BCUT2D eigenvalue weighted by atomic mass is 9.98. The van der Waals surface area contributed by atoms with Gasteiger partial charge in [-0.05, 0) is 25.7 Å². The summed E-state index contributed by atoms with van der Waals surface area (Å²) in [5.41, 5.74) is 0. The molecule has 62 valence electrons. The van der Waals surface area contributed by atoms with Crippen molar-refractivity contribution in [2.45, 2.75) is 37.8 Å². The Bertz CT molecular complexity index is 169. The van der Waals surface area contributed by atoms with Crippen LogP contribution in [-0.2, 0) is 4.79 Å². The topological polar surface area (TPSA) is 41.1 Å². The molecule has 0 spiro atoms. The molecule has 0 aromatic rings. The lowest BCUT2D eigenvalue weighted by Gasteiger charge is -2.26. The van der Waals surface area contributed by atoms with Crippen molar-refractivity contribution in [3.8, 4) is 0 Å². The molecule has 0 aromatic heterocycles. The molecule has 2 unspecified atom stereocenters. The highest BCUT2D eigenvalue weighted by molar-refractivity contribution is 5.82. The molecule has 3 heteroatoms. The minimum absolute atomic E-state index is 0.108. The molecular formula is C8H14N2O. The Morgan fingerprint density at radius 2 is 2.18 bits per heavy atom. The van der Waals surface area contributed by atoms with Gasteiger partial charge in [0.15, 0.2) is 0 Å². The minimum atomic E-state index is 0.108. The summed E-state index contributed by atoms with van der Waals surface area (Å²) in [6.45, 7) is 0.854. The van der Waals surface area contributed by atoms with E-state index < -0.39 is 0 Å². The molecule has 11 heavy (non-hydrogen) atoms. The first-order chi connectivity index (χ1) is 5.36. The highest BCUT2D eigenvalue weighted by atomic mass is 16.2. The molecule has 2 aliphatic rings. The van der Waals surface area contributed by atoms with Crippen LogP contribution in [0.2, 0.25) is 0 Å². The molecule has 0 aliphatic carbocycles. The molecule has 1 amide bonds. The molecule has 2 heterocycles. The van der Waals surface area contributed by atoms with Gasteiger partial charge in [0.25, 0.3) is 0 Å². The minimum Gasteiger partial charge on any atom is -0.355 e. The van der Waals surface area contributed by atoms with Crippen molar-refractivity contribution in [2.75, 3.05) is 6.54 Å². The zero-order chi connectivity index (χ0) is 7.68. The normalized spacial score (nSPS) is 37.6. The third kappa shape index (κ3) is 1.38. The third-order valence-electron chi connectivity index (χ3n) is 2.59. The van der Waals surface area contributed by atoms with E-state index in [0.717, 1.165) is 19.4 Å². The van der Waals surface area contributed by atoms with Crippen molar-refractivity contribution in [2.24, 2.45) is 0 Å². The van der Waals surface area contributed by atoms with Crippen molar-refractivity contribution in [1.82, 2.24) is 10.6 Å². The fraction of sp³-hybridized carbons (Fsp3) is 0.875. The second-order valence-electron chi connectivity index (χ2n) is 3.43. The zero-order valence-corrected chi connectivity index (χ0v) is 6.60. The van der Waals surface area contributed by atoms with Crippen molar-refractivity contribution in [1.29, 1.82) is 0 Å². The first-order valence-electron chi connectivity index (χ1n) is 4.40. The van der Waals surface area contributed by atoms with Crippen LogP contribution in [0.5, 0.6) is 0 Å². The predicted octanol–water partition coefficient (Wildman–Crippen LogP) is 0.0170. The smallest absolute Gasteiger partial charge is 0.237 e. The maximum absolute atomic E-state index is 11.3. The first-order valence-corrected chi connectivity index (χ1v) is 4.40. The van der Waals surface area contributed by atoms with Gasteiger partial charge in [0.1, 0.15) is 0 Å². The highest BCUT2D eigenvalue weighted by Crippen LogP contribution is 2.16. The summed E-state index contributed by atoms with van der Waals surface area (Å²) >= 11 is 0. The van der Waals surface area contributed by atoms with Crippen molar-refractivity contribution < 1.29 is 4.79 Å². The maximum atomic E-state index is 11.3. The Morgan fingerprint density at radius 1 is 1.27 bits per heavy atom. The molecule has 2 bridgehead atoms. The van der Waals surface area contributed by atoms with Crippen LogP contribution >= 0.6 is 0 Å². The molecule has 2 aliphatic heterocycles. The lowest BCUT2D eigenvalue weighted by Crippen LogP contribution is -2.46. The van der Waals surface area contributed by atoms with Gasteiger partial charge in [0.2, 0.25) is 5.91 Å². The van der Waals surface area contributed by atoms with Crippen LogP contribution in [0.15, 0.2) is 0 Å². The van der Waals surface area contributed by atoms with E-state index in [1.54, 1.807) is 0 Å². The average Bonchev–Trinajstić information content (AvgIpc) is 2.14. The summed E-state index contributed by atoms with van der Waals surface area (Å²) < 4.78 is 0. The summed E-state index contributed by atoms with van der Waals surface area (Å²) in [5.74, 6) is 0.201. The summed E-state index contributed by atoms with van der Waals surface area (Å²) in [4.78, 5) is 11.3. The van der Waals surface area contributed by atoms with Crippen molar-refractivity contribution in [3.63, 3.8) is 0 Å². The Balaban J connectivity index is 2.07. The van der Waals surface area contributed by atoms with E-state index in [4.69, 9.17) is 0 Å². The summed E-state index contributed by atoms with van der Waals surface area (Å²) in [5, 5.41) is 6.27. The molecule has 0 aromatic carbocycles. The molecule has 2 saturated heterocycles. The average molecular weight is 154 g/mol. The van der Waals surface area contributed by atoms with Crippen molar-refractivity contribution >= 4 is 5.91 Å². The van der Waals surface area contributed by atoms with E-state index in [-0.39, 0.29) is 11.9 Å².